The number of hydrogen-bond donors (Lipinski definition) is 0. The number of thioether (sulfide) groups is 2. The molecular weight excluding hydrogens is 928 g/mol. The maximum Gasteiger partial charge on any atom is 0.239 e. The Balaban J connectivity index is 0.000000522. The molecule has 0 N–H and O–H groups in total. The maximum atomic E-state index is 8.49. The van der Waals surface area contributed by atoms with Crippen molar-refractivity contribution in [3.8, 4) is 0 Å². The monoisotopic (exact) mass is 970 g/mol. The van der Waals surface area contributed by atoms with Gasteiger partial charge in [-0.15, -0.1) is 43.2 Å². The maximum absolute atomic E-state index is 8.49. The lowest BCUT2D eigenvalue weighted by Gasteiger charge is -2.27. The molecule has 8 heterocycles. The van der Waals surface area contributed by atoms with Gasteiger partial charge < -0.3 is 28.7 Å². The smallest absolute Gasteiger partial charge is 0.239 e. The van der Waals surface area contributed by atoms with Gasteiger partial charge in [0.2, 0.25) is 10.1 Å². The first-order valence-electron chi connectivity index (χ1n) is 19.6. The molecule has 0 amide bonds. The van der Waals surface area contributed by atoms with Crippen molar-refractivity contribution in [2.45, 2.75) is 0 Å². The zero-order valence-corrected chi connectivity index (χ0v) is 38.1. The molecule has 2 aromatic heterocycles. The third-order valence-corrected chi connectivity index (χ3v) is 14.8. The van der Waals surface area contributed by atoms with Crippen molar-refractivity contribution < 1.29 is 85.9 Å². The fourth-order valence-corrected chi connectivity index (χ4v) is 12.0. The summed E-state index contributed by atoms with van der Waals surface area (Å²) in [6.45, 7) is 13.8. The molecule has 1 aromatic carbocycles. The Kier molecular flexibility index (Phi) is 16.8. The van der Waals surface area contributed by atoms with E-state index in [1.54, 1.807) is 0 Å². The van der Waals surface area contributed by atoms with E-state index >= 15 is 0 Å². The molecule has 0 radical (unpaired) electrons. The number of morpholine rings is 4. The van der Waals surface area contributed by atoms with Crippen LogP contribution in [0.1, 0.15) is 20.9 Å². The average molecular weight is 972 g/mol. The molecule has 0 spiro atoms. The lowest BCUT2D eigenvalue weighted by Crippen LogP contribution is -2.68. The number of hydrogen-bond acceptors (Lipinski definition) is 18. The third kappa shape index (κ3) is 13.7. The molecule has 6 aliphatic heterocycles. The van der Waals surface area contributed by atoms with Gasteiger partial charge in [0.25, 0.3) is 0 Å². The molecule has 9 rings (SSSR count). The topological polar surface area (TPSA) is 234 Å². The zero-order valence-electron chi connectivity index (χ0n) is 33.3. The van der Waals surface area contributed by atoms with Gasteiger partial charge in [0.1, 0.15) is 26.4 Å². The minimum absolute atomic E-state index is 0.786. The lowest BCUT2D eigenvalue weighted by atomic mass is 9.98. The Labute approximate surface area is 379 Å². The molecule has 6 aliphatic rings. The molecule has 3 aromatic rings. The molecule has 16 nitrogen and oxygen atoms in total. The predicted molar refractivity (Wildman–Crippen MR) is 218 cm³/mol. The van der Waals surface area contributed by atoms with Crippen LogP contribution in [-0.4, -0.2) is 124 Å². The van der Waals surface area contributed by atoms with E-state index in [0.717, 1.165) is 105 Å². The highest BCUT2D eigenvalue weighted by Gasteiger charge is 2.28. The van der Waals surface area contributed by atoms with Crippen molar-refractivity contribution in [1.29, 1.82) is 0 Å². The van der Waals surface area contributed by atoms with Gasteiger partial charge >= 0.3 is 0 Å². The number of ether oxygens (including phenoxy) is 4. The van der Waals surface area contributed by atoms with Crippen LogP contribution >= 0.6 is 46.2 Å². The Morgan fingerprint density at radius 1 is 0.452 bits per heavy atom. The summed E-state index contributed by atoms with van der Waals surface area (Å²) in [4.78, 5) is 10.1. The van der Waals surface area contributed by atoms with Crippen LogP contribution in [0.15, 0.2) is 82.6 Å². The van der Waals surface area contributed by atoms with Gasteiger partial charge in [-0.05, 0) is 71.1 Å². The molecule has 0 bridgehead atoms. The molecular formula is C40H44Cl2N4O12S4. The SMILES string of the molecule is C1=CC(=[N+]2CCOCC2)SC1=C(c1ccc(C(=C2C=CC(=[N+]3CCOCC3)S2)c2ccc(N3CCOCC3)s2)cc1)c1ccc(N2CCOCC2)s1.[O-][Cl+3]([O-])([O-])[O-].[O-][Cl+3]([O-])([O-])[O-]. The van der Waals surface area contributed by atoms with Gasteiger partial charge in [-0.25, -0.2) is 46.4 Å². The first-order chi connectivity index (χ1) is 29.8. The van der Waals surface area contributed by atoms with Crippen LogP contribution in [0, 0.1) is 20.5 Å². The molecule has 22 heteroatoms. The molecule has 0 atom stereocenters. The van der Waals surface area contributed by atoms with E-state index in [9.17, 15) is 0 Å². The molecule has 4 fully saturated rings. The molecule has 0 aliphatic carbocycles. The highest BCUT2D eigenvalue weighted by atomic mass is 35.7. The van der Waals surface area contributed by atoms with E-state index in [1.165, 1.54) is 61.9 Å². The summed E-state index contributed by atoms with van der Waals surface area (Å²) in [6.07, 6.45) is 9.24. The van der Waals surface area contributed by atoms with Crippen LogP contribution in [0.2, 0.25) is 0 Å². The van der Waals surface area contributed by atoms with Gasteiger partial charge in [-0.3, -0.25) is 0 Å². The number of nitrogens with zero attached hydrogens (tertiary/aromatic N) is 4. The van der Waals surface area contributed by atoms with Crippen LogP contribution in [0.25, 0.3) is 11.1 Å². The van der Waals surface area contributed by atoms with Crippen molar-refractivity contribution >= 4 is 77.4 Å². The Morgan fingerprint density at radius 2 is 0.774 bits per heavy atom. The molecule has 4 saturated heterocycles. The molecule has 0 unspecified atom stereocenters. The molecule has 62 heavy (non-hydrogen) atoms. The van der Waals surface area contributed by atoms with Crippen LogP contribution < -0.4 is 47.1 Å². The van der Waals surface area contributed by atoms with E-state index in [4.69, 9.17) is 56.2 Å². The summed E-state index contributed by atoms with van der Waals surface area (Å²) in [7, 11) is -9.89. The minimum atomic E-state index is -4.94. The number of thiophene rings is 2. The number of allylic oxidation sites excluding steroid dienone is 2. The van der Waals surface area contributed by atoms with Crippen molar-refractivity contribution in [3.63, 3.8) is 0 Å². The average Bonchev–Trinajstić information content (AvgIpc) is 4.11. The van der Waals surface area contributed by atoms with Crippen molar-refractivity contribution in [1.82, 2.24) is 0 Å². The van der Waals surface area contributed by atoms with Crippen LogP contribution in [0.5, 0.6) is 0 Å². The van der Waals surface area contributed by atoms with Crippen LogP contribution in [0.4, 0.5) is 10.0 Å². The van der Waals surface area contributed by atoms with Gasteiger partial charge in [0, 0.05) is 69.0 Å². The quantitative estimate of drug-likeness (QED) is 0.224. The van der Waals surface area contributed by atoms with Gasteiger partial charge in [0.05, 0.1) is 36.4 Å². The van der Waals surface area contributed by atoms with Crippen molar-refractivity contribution in [2.75, 3.05) is 115 Å². The lowest BCUT2D eigenvalue weighted by molar-refractivity contribution is -2.00. The van der Waals surface area contributed by atoms with Crippen molar-refractivity contribution in [3.05, 3.63) is 104 Å². The van der Waals surface area contributed by atoms with E-state index in [-0.39, 0.29) is 0 Å². The van der Waals surface area contributed by atoms with Gasteiger partial charge in [0.15, 0.2) is 26.2 Å². The first-order valence-corrected chi connectivity index (χ1v) is 25.3. The van der Waals surface area contributed by atoms with Gasteiger partial charge in [-0.2, -0.15) is 0 Å². The van der Waals surface area contributed by atoms with E-state index in [2.05, 4.69) is 91.8 Å². The van der Waals surface area contributed by atoms with Crippen LogP contribution in [-0.2, 0) is 18.9 Å². The van der Waals surface area contributed by atoms with Crippen LogP contribution in [0.3, 0.4) is 0 Å². The third-order valence-electron chi connectivity index (χ3n) is 10.1. The summed E-state index contributed by atoms with van der Waals surface area (Å²) in [6, 6.07) is 18.6. The largest absolute Gasteiger partial charge is 0.378 e. The number of anilines is 2. The summed E-state index contributed by atoms with van der Waals surface area (Å²) < 4.78 is 95.5. The zero-order chi connectivity index (χ0) is 43.7. The number of benzene rings is 1. The molecule has 334 valence electrons. The fraction of sp³-hybridized carbons (Fsp3) is 0.400. The van der Waals surface area contributed by atoms with Gasteiger partial charge in [-0.1, -0.05) is 24.3 Å². The highest BCUT2D eigenvalue weighted by Crippen LogP contribution is 2.45. The Morgan fingerprint density at radius 3 is 1.11 bits per heavy atom. The summed E-state index contributed by atoms with van der Waals surface area (Å²) >= 11 is 7.58. The number of rotatable bonds is 6. The predicted octanol–water partition coefficient (Wildman–Crippen LogP) is -3.02. The standard InChI is InChI=1S/C40H44N4O4S4.2ClHO4/c1-2-30(40(33-7-11-37(51-33)43-17-25-47-26-18-43)34-8-12-38(52-34)44-19-27-48-28-20-44)4-3-29(1)39(31-5-9-35(49-31)41-13-21-45-22-14-41)32-6-10-36(50-32)42-15-23-46-24-16-42;2*2-1(3,4)5/h1-12H,13-28H2;2*(H,2,3,4,5)/q+2;;/p-2. The second-order valence-corrected chi connectivity index (χ2v) is 19.8. The van der Waals surface area contributed by atoms with E-state index in [1.807, 2.05) is 46.2 Å². The van der Waals surface area contributed by atoms with E-state index < -0.39 is 20.5 Å². The summed E-state index contributed by atoms with van der Waals surface area (Å²) in [5, 5.41) is 5.26. The second-order valence-electron chi connectivity index (χ2n) is 14.0. The second kappa shape index (κ2) is 22.0. The highest BCUT2D eigenvalue weighted by molar-refractivity contribution is 8.18. The normalized spacial score (nSPS) is 21.5. The first kappa shape index (κ1) is 47.3. The minimum Gasteiger partial charge on any atom is -0.378 e. The fourth-order valence-electron chi connectivity index (χ4n) is 7.28. The Hall–Kier alpha value is -2.68. The summed E-state index contributed by atoms with van der Waals surface area (Å²) in [5.41, 5.74) is 5.10. The Bertz CT molecular complexity index is 2020. The number of halogens is 2. The van der Waals surface area contributed by atoms with Crippen molar-refractivity contribution in [2.24, 2.45) is 0 Å². The molecule has 0 saturated carbocycles. The summed E-state index contributed by atoms with van der Waals surface area (Å²) in [5.74, 6) is 0. The van der Waals surface area contributed by atoms with E-state index in [0.29, 0.717) is 0 Å².